The molecule has 2 N–H and O–H groups in total. The summed E-state index contributed by atoms with van der Waals surface area (Å²) in [5.41, 5.74) is 10.7. The zero-order valence-corrected chi connectivity index (χ0v) is 17.7. The number of hydrogen-bond acceptors (Lipinski definition) is 5. The van der Waals surface area contributed by atoms with E-state index < -0.39 is 0 Å². The number of nitrogen functional groups attached to an aromatic ring is 1. The highest BCUT2D eigenvalue weighted by atomic mass is 16.5. The molecule has 154 valence electrons. The predicted octanol–water partition coefficient (Wildman–Crippen LogP) is 4.08. The van der Waals surface area contributed by atoms with Gasteiger partial charge in [0.2, 0.25) is 0 Å². The molecule has 0 amide bonds. The summed E-state index contributed by atoms with van der Waals surface area (Å²) in [5, 5.41) is 0. The second-order valence-electron chi connectivity index (χ2n) is 8.30. The molecule has 3 heterocycles. The molecule has 0 saturated carbocycles. The number of fused-ring (bicyclic) bond motifs is 1. The van der Waals surface area contributed by atoms with Gasteiger partial charge in [-0.1, -0.05) is 13.8 Å². The largest absolute Gasteiger partial charge is 0.497 e. The number of rotatable bonds is 5. The van der Waals surface area contributed by atoms with Crippen molar-refractivity contribution in [2.75, 3.05) is 33.0 Å². The molecule has 1 aromatic carbocycles. The molecule has 4 rings (SSSR count). The minimum Gasteiger partial charge on any atom is -0.497 e. The Morgan fingerprint density at radius 1 is 1.07 bits per heavy atom. The van der Waals surface area contributed by atoms with Crippen molar-refractivity contribution in [1.82, 2.24) is 14.3 Å². The number of aromatic nitrogens is 2. The van der Waals surface area contributed by atoms with Gasteiger partial charge >= 0.3 is 0 Å². The first-order chi connectivity index (χ1) is 14.0. The molecule has 6 nitrogen and oxygen atoms in total. The summed E-state index contributed by atoms with van der Waals surface area (Å²) in [6.07, 6.45) is 3.25. The molecule has 6 heteroatoms. The van der Waals surface area contributed by atoms with Gasteiger partial charge in [0, 0.05) is 37.1 Å². The fourth-order valence-electron chi connectivity index (χ4n) is 4.61. The molecule has 2 unspecified atom stereocenters. The van der Waals surface area contributed by atoms with Crippen LogP contribution in [0.3, 0.4) is 0 Å². The molecule has 2 atom stereocenters. The third-order valence-electron chi connectivity index (χ3n) is 5.72. The summed E-state index contributed by atoms with van der Waals surface area (Å²) in [4.78, 5) is 7.49. The Balaban J connectivity index is 1.85. The molecule has 1 aliphatic heterocycles. The van der Waals surface area contributed by atoms with E-state index in [1.807, 2.05) is 36.5 Å². The number of piperidine rings is 1. The van der Waals surface area contributed by atoms with Crippen molar-refractivity contribution >= 4 is 11.3 Å². The van der Waals surface area contributed by atoms with Gasteiger partial charge in [-0.05, 0) is 48.6 Å². The first-order valence-electron chi connectivity index (χ1n) is 10.2. The van der Waals surface area contributed by atoms with E-state index in [0.29, 0.717) is 11.8 Å². The monoisotopic (exact) mass is 394 g/mol. The van der Waals surface area contributed by atoms with Crippen molar-refractivity contribution in [1.29, 1.82) is 0 Å². The number of hydrogen-bond donors (Lipinski definition) is 1. The van der Waals surface area contributed by atoms with Crippen molar-refractivity contribution in [2.24, 2.45) is 11.8 Å². The zero-order chi connectivity index (χ0) is 20.5. The lowest BCUT2D eigenvalue weighted by Crippen LogP contribution is -2.38. The summed E-state index contributed by atoms with van der Waals surface area (Å²) in [6, 6.07) is 9.69. The fourth-order valence-corrected chi connectivity index (χ4v) is 4.61. The van der Waals surface area contributed by atoms with E-state index in [-0.39, 0.29) is 0 Å². The smallest absolute Gasteiger partial charge is 0.137 e. The highest BCUT2D eigenvalue weighted by Crippen LogP contribution is 2.36. The van der Waals surface area contributed by atoms with Gasteiger partial charge in [0.15, 0.2) is 0 Å². The molecular weight excluding hydrogens is 364 g/mol. The lowest BCUT2D eigenvalue weighted by Gasteiger charge is -2.35. The minimum absolute atomic E-state index is 0.692. The molecule has 0 bridgehead atoms. The van der Waals surface area contributed by atoms with Crippen LogP contribution in [-0.4, -0.2) is 41.6 Å². The minimum atomic E-state index is 0.692. The van der Waals surface area contributed by atoms with Crippen LogP contribution in [0, 0.1) is 11.8 Å². The maximum absolute atomic E-state index is 6.11. The maximum Gasteiger partial charge on any atom is 0.137 e. The van der Waals surface area contributed by atoms with Gasteiger partial charge in [-0.15, -0.1) is 0 Å². The Kier molecular flexibility index (Phi) is 5.37. The van der Waals surface area contributed by atoms with Crippen molar-refractivity contribution in [3.05, 3.63) is 42.2 Å². The van der Waals surface area contributed by atoms with Crippen LogP contribution in [0.15, 0.2) is 36.5 Å². The topological polar surface area (TPSA) is 65.0 Å². The molecule has 0 aliphatic carbocycles. The van der Waals surface area contributed by atoms with Crippen molar-refractivity contribution in [3.63, 3.8) is 0 Å². The molecule has 1 aliphatic rings. The fraction of sp³-hybridized carbons (Fsp3) is 0.435. The number of imidazole rings is 1. The number of anilines is 1. The molecule has 3 aromatic rings. The lowest BCUT2D eigenvalue weighted by molar-refractivity contribution is 0.133. The Bertz CT molecular complexity index is 1000. The number of ether oxygens (including phenoxy) is 2. The Labute approximate surface area is 172 Å². The van der Waals surface area contributed by atoms with Crippen LogP contribution in [0.1, 0.15) is 26.0 Å². The highest BCUT2D eigenvalue weighted by molar-refractivity contribution is 5.74. The van der Waals surface area contributed by atoms with E-state index in [1.54, 1.807) is 14.2 Å². The zero-order valence-electron chi connectivity index (χ0n) is 17.7. The van der Waals surface area contributed by atoms with Gasteiger partial charge in [-0.25, -0.2) is 4.98 Å². The number of likely N-dealkylation sites (tertiary alicyclic amines) is 1. The predicted molar refractivity (Wildman–Crippen MR) is 116 cm³/mol. The summed E-state index contributed by atoms with van der Waals surface area (Å²) in [5.74, 6) is 2.95. The van der Waals surface area contributed by atoms with Crippen molar-refractivity contribution in [3.8, 4) is 22.8 Å². The lowest BCUT2D eigenvalue weighted by atomic mass is 9.92. The number of methoxy groups -OCH3 is 2. The van der Waals surface area contributed by atoms with E-state index in [2.05, 4.69) is 23.1 Å². The summed E-state index contributed by atoms with van der Waals surface area (Å²) in [7, 11) is 3.36. The summed E-state index contributed by atoms with van der Waals surface area (Å²) in [6.45, 7) is 7.67. The van der Waals surface area contributed by atoms with Crippen LogP contribution in [-0.2, 0) is 6.54 Å². The van der Waals surface area contributed by atoms with Crippen LogP contribution < -0.4 is 15.2 Å². The van der Waals surface area contributed by atoms with Gasteiger partial charge in [0.25, 0.3) is 0 Å². The van der Waals surface area contributed by atoms with Gasteiger partial charge in [-0.2, -0.15) is 0 Å². The number of nitrogens with zero attached hydrogens (tertiary/aromatic N) is 3. The Morgan fingerprint density at radius 2 is 1.83 bits per heavy atom. The average Bonchev–Trinajstić information content (AvgIpc) is 3.04. The first kappa shape index (κ1) is 19.6. The third kappa shape index (κ3) is 3.90. The Hall–Kier alpha value is -2.73. The summed E-state index contributed by atoms with van der Waals surface area (Å²) < 4.78 is 13.2. The average molecular weight is 395 g/mol. The number of pyridine rings is 1. The van der Waals surface area contributed by atoms with Crippen LogP contribution in [0.25, 0.3) is 16.9 Å². The van der Waals surface area contributed by atoms with E-state index in [0.717, 1.165) is 59.4 Å². The molecule has 2 aromatic heterocycles. The highest BCUT2D eigenvalue weighted by Gasteiger charge is 2.25. The molecule has 0 spiro atoms. The normalized spacial score (nSPS) is 20.1. The second-order valence-corrected chi connectivity index (χ2v) is 8.30. The van der Waals surface area contributed by atoms with Gasteiger partial charge in [-0.3, -0.25) is 4.90 Å². The first-order valence-corrected chi connectivity index (χ1v) is 10.2. The second kappa shape index (κ2) is 7.95. The standard InChI is InChI=1S/C23H30N4O2/c1-15-9-16(2)12-26(11-15)14-20-23(25-22-8-5-17(24)13-27(20)22)19-10-18(28-3)6-7-21(19)29-4/h5-8,10,13,15-16H,9,11-12,14,24H2,1-4H3. The SMILES string of the molecule is COc1ccc(OC)c(-c2nc3ccc(N)cn3c2CN2CC(C)CC(C)C2)c1. The van der Waals surface area contributed by atoms with Crippen molar-refractivity contribution in [2.45, 2.75) is 26.8 Å². The molecule has 1 saturated heterocycles. The third-order valence-corrected chi connectivity index (χ3v) is 5.72. The van der Waals surface area contributed by atoms with Crippen LogP contribution >= 0.6 is 0 Å². The van der Waals surface area contributed by atoms with Crippen LogP contribution in [0.5, 0.6) is 11.5 Å². The van der Waals surface area contributed by atoms with Crippen LogP contribution in [0.4, 0.5) is 5.69 Å². The number of nitrogens with two attached hydrogens (primary N) is 1. The molecular formula is C23H30N4O2. The Morgan fingerprint density at radius 3 is 2.52 bits per heavy atom. The summed E-state index contributed by atoms with van der Waals surface area (Å²) >= 11 is 0. The van der Waals surface area contributed by atoms with E-state index in [4.69, 9.17) is 20.2 Å². The van der Waals surface area contributed by atoms with E-state index in [1.165, 1.54) is 6.42 Å². The number of benzene rings is 1. The van der Waals surface area contributed by atoms with E-state index in [9.17, 15) is 0 Å². The van der Waals surface area contributed by atoms with Crippen molar-refractivity contribution < 1.29 is 9.47 Å². The molecule has 0 radical (unpaired) electrons. The molecule has 1 fully saturated rings. The van der Waals surface area contributed by atoms with Gasteiger partial charge in [0.1, 0.15) is 17.1 Å². The van der Waals surface area contributed by atoms with E-state index >= 15 is 0 Å². The maximum atomic E-state index is 6.11. The van der Waals surface area contributed by atoms with Crippen LogP contribution in [0.2, 0.25) is 0 Å². The van der Waals surface area contributed by atoms with Gasteiger partial charge < -0.3 is 19.6 Å². The van der Waals surface area contributed by atoms with Gasteiger partial charge in [0.05, 0.1) is 25.6 Å². The molecule has 29 heavy (non-hydrogen) atoms. The quantitative estimate of drug-likeness (QED) is 0.706.